The van der Waals surface area contributed by atoms with Gasteiger partial charge in [0.05, 0.1) is 5.02 Å². The fraction of sp³-hybridized carbons (Fsp3) is 0.571. The van der Waals surface area contributed by atoms with Crippen molar-refractivity contribution in [3.63, 3.8) is 0 Å². The van der Waals surface area contributed by atoms with Gasteiger partial charge in [0, 0.05) is 12.2 Å². The van der Waals surface area contributed by atoms with Crippen LogP contribution in [0.15, 0.2) is 12.3 Å². The van der Waals surface area contributed by atoms with Gasteiger partial charge in [-0.15, -0.1) is 0 Å². The Morgan fingerprint density at radius 2 is 2.20 bits per heavy atom. The number of carboxylic acid groups (broad SMARTS) is 1. The first-order chi connectivity index (χ1) is 9.43. The van der Waals surface area contributed by atoms with Gasteiger partial charge in [-0.1, -0.05) is 31.9 Å². The summed E-state index contributed by atoms with van der Waals surface area (Å²) in [6.07, 6.45) is 4.47. The lowest BCUT2D eigenvalue weighted by Crippen LogP contribution is -2.45. The number of hydrogen-bond acceptors (Lipinski definition) is 2. The first-order valence-corrected chi connectivity index (χ1v) is 7.22. The van der Waals surface area contributed by atoms with Crippen molar-refractivity contribution < 1.29 is 14.7 Å². The molecule has 5 nitrogen and oxygen atoms in total. The van der Waals surface area contributed by atoms with E-state index >= 15 is 0 Å². The Morgan fingerprint density at radius 1 is 1.55 bits per heavy atom. The maximum atomic E-state index is 12.3. The Hall–Kier alpha value is -1.49. The zero-order chi connectivity index (χ0) is 14.9. The minimum atomic E-state index is -1.01. The summed E-state index contributed by atoms with van der Waals surface area (Å²) in [6, 6.07) is 1.02. The quantitative estimate of drug-likeness (QED) is 0.848. The van der Waals surface area contributed by atoms with Gasteiger partial charge in [-0.3, -0.25) is 4.79 Å². The zero-order valence-electron chi connectivity index (χ0n) is 11.6. The number of amides is 1. The summed E-state index contributed by atoms with van der Waals surface area (Å²) in [4.78, 5) is 23.5. The third-order valence-corrected chi connectivity index (χ3v) is 3.96. The van der Waals surface area contributed by atoms with Crippen molar-refractivity contribution in [2.45, 2.75) is 45.2 Å². The van der Waals surface area contributed by atoms with Gasteiger partial charge in [0.2, 0.25) is 0 Å². The third kappa shape index (κ3) is 3.15. The van der Waals surface area contributed by atoms with Crippen molar-refractivity contribution in [1.29, 1.82) is 0 Å². The average Bonchev–Trinajstić information content (AvgIpc) is 3.17. The van der Waals surface area contributed by atoms with E-state index in [0.29, 0.717) is 23.2 Å². The van der Waals surface area contributed by atoms with Gasteiger partial charge in [0.15, 0.2) is 0 Å². The molecule has 1 aliphatic carbocycles. The molecular weight excluding hydrogens is 280 g/mol. The van der Waals surface area contributed by atoms with Gasteiger partial charge in [0.25, 0.3) is 5.91 Å². The molecule has 1 aromatic heterocycles. The number of carbonyl (C=O) groups is 2. The Bertz CT molecular complexity index is 522. The van der Waals surface area contributed by atoms with Crippen LogP contribution in [0.1, 0.15) is 49.6 Å². The van der Waals surface area contributed by atoms with E-state index in [-0.39, 0.29) is 11.8 Å². The number of carboxylic acids is 1. The lowest BCUT2D eigenvalue weighted by atomic mass is 9.99. The molecule has 1 fully saturated rings. The molecule has 0 bridgehead atoms. The van der Waals surface area contributed by atoms with Gasteiger partial charge in [-0.05, 0) is 24.8 Å². The maximum absolute atomic E-state index is 12.3. The molecule has 0 saturated heterocycles. The van der Waals surface area contributed by atoms with E-state index in [1.165, 1.54) is 0 Å². The molecular formula is C14H19ClN2O3. The standard InChI is InChI=1S/C14H19ClN2O3/c1-3-8(2)12(14(19)20)16-13(18)11-6-9(15)7-17(11)10-4-5-10/h6-8,10,12H,3-5H2,1-2H3,(H,16,18)(H,19,20). The van der Waals surface area contributed by atoms with Crippen LogP contribution in [0.5, 0.6) is 0 Å². The molecule has 110 valence electrons. The topological polar surface area (TPSA) is 71.3 Å². The minimum Gasteiger partial charge on any atom is -0.480 e. The Balaban J connectivity index is 2.16. The zero-order valence-corrected chi connectivity index (χ0v) is 12.4. The Labute approximate surface area is 122 Å². The van der Waals surface area contributed by atoms with Gasteiger partial charge >= 0.3 is 5.97 Å². The highest BCUT2D eigenvalue weighted by Crippen LogP contribution is 2.37. The fourth-order valence-electron chi connectivity index (χ4n) is 2.18. The summed E-state index contributed by atoms with van der Waals surface area (Å²) in [5.74, 6) is -1.52. The van der Waals surface area contributed by atoms with Crippen molar-refractivity contribution in [1.82, 2.24) is 9.88 Å². The summed E-state index contributed by atoms with van der Waals surface area (Å²) in [5.41, 5.74) is 0.437. The number of rotatable bonds is 6. The minimum absolute atomic E-state index is 0.128. The van der Waals surface area contributed by atoms with Crippen molar-refractivity contribution in [2.24, 2.45) is 5.92 Å². The summed E-state index contributed by atoms with van der Waals surface area (Å²) in [7, 11) is 0. The Morgan fingerprint density at radius 3 is 2.70 bits per heavy atom. The molecule has 2 unspecified atom stereocenters. The number of hydrogen-bond donors (Lipinski definition) is 2. The maximum Gasteiger partial charge on any atom is 0.326 e. The molecule has 1 aromatic rings. The number of aliphatic carboxylic acids is 1. The predicted molar refractivity (Wildman–Crippen MR) is 76.1 cm³/mol. The summed E-state index contributed by atoms with van der Waals surface area (Å²) < 4.78 is 1.84. The molecule has 1 heterocycles. The molecule has 0 radical (unpaired) electrons. The van der Waals surface area contributed by atoms with E-state index in [2.05, 4.69) is 5.32 Å². The molecule has 6 heteroatoms. The highest BCUT2D eigenvalue weighted by molar-refractivity contribution is 6.31. The summed E-state index contributed by atoms with van der Waals surface area (Å²) in [5, 5.41) is 12.3. The van der Waals surface area contributed by atoms with Crippen LogP contribution in [0.3, 0.4) is 0 Å². The molecule has 2 N–H and O–H groups in total. The SMILES string of the molecule is CCC(C)C(NC(=O)c1cc(Cl)cn1C1CC1)C(=O)O. The van der Waals surface area contributed by atoms with E-state index in [1.54, 1.807) is 12.3 Å². The van der Waals surface area contributed by atoms with Crippen LogP contribution in [0.2, 0.25) is 5.02 Å². The molecule has 0 spiro atoms. The van der Waals surface area contributed by atoms with Crippen molar-refractivity contribution in [2.75, 3.05) is 0 Å². The van der Waals surface area contributed by atoms with E-state index in [1.807, 2.05) is 18.4 Å². The molecule has 1 amide bonds. The lowest BCUT2D eigenvalue weighted by Gasteiger charge is -2.20. The number of halogens is 1. The fourth-order valence-corrected chi connectivity index (χ4v) is 2.39. The molecule has 1 aliphatic rings. The van der Waals surface area contributed by atoms with E-state index in [4.69, 9.17) is 11.6 Å². The molecule has 1 saturated carbocycles. The lowest BCUT2D eigenvalue weighted by molar-refractivity contribution is -0.140. The van der Waals surface area contributed by atoms with Crippen LogP contribution < -0.4 is 5.32 Å². The largest absolute Gasteiger partial charge is 0.480 e. The van der Waals surface area contributed by atoms with Gasteiger partial charge in [0.1, 0.15) is 11.7 Å². The van der Waals surface area contributed by atoms with E-state index in [0.717, 1.165) is 12.8 Å². The van der Waals surface area contributed by atoms with Gasteiger partial charge in [-0.2, -0.15) is 0 Å². The molecule has 2 rings (SSSR count). The van der Waals surface area contributed by atoms with Gasteiger partial charge in [-0.25, -0.2) is 4.79 Å². The molecule has 2 atom stereocenters. The normalized spacial score (nSPS) is 17.6. The van der Waals surface area contributed by atoms with Crippen molar-refractivity contribution in [3.8, 4) is 0 Å². The molecule has 0 aliphatic heterocycles. The second kappa shape index (κ2) is 5.87. The van der Waals surface area contributed by atoms with E-state index < -0.39 is 12.0 Å². The van der Waals surface area contributed by atoms with Gasteiger partial charge < -0.3 is 15.0 Å². The summed E-state index contributed by atoms with van der Waals surface area (Å²) >= 11 is 5.95. The second-order valence-electron chi connectivity index (χ2n) is 5.36. The van der Waals surface area contributed by atoms with Crippen LogP contribution in [0, 0.1) is 5.92 Å². The van der Waals surface area contributed by atoms with Crippen LogP contribution in [0.25, 0.3) is 0 Å². The monoisotopic (exact) mass is 298 g/mol. The van der Waals surface area contributed by atoms with Crippen LogP contribution in [-0.4, -0.2) is 27.6 Å². The van der Waals surface area contributed by atoms with Crippen molar-refractivity contribution in [3.05, 3.63) is 23.0 Å². The number of aromatic nitrogens is 1. The first-order valence-electron chi connectivity index (χ1n) is 6.85. The third-order valence-electron chi connectivity index (χ3n) is 3.75. The number of carbonyl (C=O) groups excluding carboxylic acids is 1. The van der Waals surface area contributed by atoms with Crippen LogP contribution in [-0.2, 0) is 4.79 Å². The Kier molecular flexibility index (Phi) is 4.38. The average molecular weight is 299 g/mol. The summed E-state index contributed by atoms with van der Waals surface area (Å²) in [6.45, 7) is 3.71. The second-order valence-corrected chi connectivity index (χ2v) is 5.79. The highest BCUT2D eigenvalue weighted by atomic mass is 35.5. The molecule has 20 heavy (non-hydrogen) atoms. The first kappa shape index (κ1) is 14.9. The molecule has 0 aromatic carbocycles. The van der Waals surface area contributed by atoms with Crippen LogP contribution in [0.4, 0.5) is 0 Å². The van der Waals surface area contributed by atoms with Crippen molar-refractivity contribution >= 4 is 23.5 Å². The van der Waals surface area contributed by atoms with E-state index in [9.17, 15) is 14.7 Å². The number of nitrogens with one attached hydrogen (secondary N) is 1. The highest BCUT2D eigenvalue weighted by Gasteiger charge is 2.30. The predicted octanol–water partition coefficient (Wildman–Crippen LogP) is 2.71. The van der Waals surface area contributed by atoms with Crippen LogP contribution >= 0.6 is 11.6 Å². The number of nitrogens with zero attached hydrogens (tertiary/aromatic N) is 1. The smallest absolute Gasteiger partial charge is 0.326 e.